The maximum atomic E-state index is 8.74. The second-order valence-electron chi connectivity index (χ2n) is 3.88. The van der Waals surface area contributed by atoms with Gasteiger partial charge in [0.05, 0.1) is 11.6 Å². The summed E-state index contributed by atoms with van der Waals surface area (Å²) in [5, 5.41) is 11.8. The van der Waals surface area contributed by atoms with E-state index in [1.165, 1.54) is 0 Å². The highest BCUT2D eigenvalue weighted by Gasteiger charge is 2.03. The van der Waals surface area contributed by atoms with E-state index in [2.05, 4.69) is 26.8 Å². The lowest BCUT2D eigenvalue weighted by atomic mass is 10.2. The Hall–Kier alpha value is -2.65. The lowest BCUT2D eigenvalue weighted by Crippen LogP contribution is -2.11. The Morgan fingerprint density at radius 2 is 2.00 bits per heavy atom. The Morgan fingerprint density at radius 1 is 1.26 bits per heavy atom. The van der Waals surface area contributed by atoms with Crippen molar-refractivity contribution in [3.05, 3.63) is 41.6 Å². The predicted molar refractivity (Wildman–Crippen MR) is 73.7 cm³/mol. The molecule has 1 aromatic heterocycles. The summed E-state index contributed by atoms with van der Waals surface area (Å²) in [5.74, 6) is 6.40. The number of nitrogens with zero attached hydrogens (tertiary/aromatic N) is 3. The van der Waals surface area contributed by atoms with Crippen LogP contribution in [0.5, 0.6) is 0 Å². The highest BCUT2D eigenvalue weighted by molar-refractivity contribution is 5.56. The zero-order valence-electron chi connectivity index (χ0n) is 10.5. The zero-order valence-corrected chi connectivity index (χ0v) is 10.5. The van der Waals surface area contributed by atoms with Crippen LogP contribution < -0.4 is 16.6 Å². The molecule has 2 rings (SSSR count). The average Bonchev–Trinajstić information content (AvgIpc) is 2.47. The van der Waals surface area contributed by atoms with Gasteiger partial charge in [-0.25, -0.2) is 10.8 Å². The first-order valence-corrected chi connectivity index (χ1v) is 5.87. The number of nitrogens with one attached hydrogen (secondary N) is 2. The lowest BCUT2D eigenvalue weighted by molar-refractivity contribution is 1.00. The van der Waals surface area contributed by atoms with Crippen molar-refractivity contribution in [1.82, 2.24) is 9.97 Å². The molecule has 0 amide bonds. The minimum Gasteiger partial charge on any atom is -0.324 e. The third-order valence-corrected chi connectivity index (χ3v) is 2.56. The van der Waals surface area contributed by atoms with Gasteiger partial charge < -0.3 is 10.7 Å². The Balaban J connectivity index is 2.24. The van der Waals surface area contributed by atoms with Crippen molar-refractivity contribution in [2.24, 2.45) is 5.84 Å². The Morgan fingerprint density at radius 3 is 2.58 bits per heavy atom. The fraction of sp³-hybridized carbons (Fsp3) is 0.154. The molecule has 6 nitrogen and oxygen atoms in total. The number of hydrogen-bond donors (Lipinski definition) is 3. The number of rotatable bonds is 4. The first-order chi connectivity index (χ1) is 9.25. The smallest absolute Gasteiger partial charge is 0.229 e. The second-order valence-corrected chi connectivity index (χ2v) is 3.88. The van der Waals surface area contributed by atoms with Crippen molar-refractivity contribution >= 4 is 17.5 Å². The lowest BCUT2D eigenvalue weighted by Gasteiger charge is -2.08. The quantitative estimate of drug-likeness (QED) is 0.569. The minimum atomic E-state index is 0.469. The Kier molecular flexibility index (Phi) is 3.90. The number of nitriles is 1. The summed E-state index contributed by atoms with van der Waals surface area (Å²) < 4.78 is 0. The van der Waals surface area contributed by atoms with Crippen molar-refractivity contribution in [2.75, 3.05) is 10.7 Å². The van der Waals surface area contributed by atoms with E-state index in [0.29, 0.717) is 17.3 Å². The number of aromatic nitrogens is 2. The van der Waals surface area contributed by atoms with E-state index in [9.17, 15) is 0 Å². The van der Waals surface area contributed by atoms with Crippen LogP contribution in [0, 0.1) is 11.3 Å². The van der Waals surface area contributed by atoms with E-state index in [-0.39, 0.29) is 0 Å². The molecule has 0 aliphatic heterocycles. The summed E-state index contributed by atoms with van der Waals surface area (Å²) >= 11 is 0. The maximum Gasteiger partial charge on any atom is 0.229 e. The molecule has 0 saturated carbocycles. The van der Waals surface area contributed by atoms with Gasteiger partial charge in [0.25, 0.3) is 0 Å². The molecule has 0 spiro atoms. The Labute approximate surface area is 111 Å². The normalized spacial score (nSPS) is 9.74. The monoisotopic (exact) mass is 254 g/mol. The van der Waals surface area contributed by atoms with Crippen LogP contribution in [-0.2, 0) is 6.42 Å². The van der Waals surface area contributed by atoms with Crippen LogP contribution >= 0.6 is 0 Å². The Bertz CT molecular complexity index is 577. The van der Waals surface area contributed by atoms with Gasteiger partial charge in [0.15, 0.2) is 0 Å². The second kappa shape index (κ2) is 5.80. The molecule has 0 radical (unpaired) electrons. The van der Waals surface area contributed by atoms with Crippen molar-refractivity contribution in [3.8, 4) is 6.07 Å². The van der Waals surface area contributed by atoms with E-state index >= 15 is 0 Å². The van der Waals surface area contributed by atoms with Crippen molar-refractivity contribution in [1.29, 1.82) is 5.26 Å². The highest BCUT2D eigenvalue weighted by Crippen LogP contribution is 2.16. The molecule has 2 aromatic rings. The number of anilines is 3. The van der Waals surface area contributed by atoms with Gasteiger partial charge in [-0.15, -0.1) is 0 Å². The molecule has 6 heteroatoms. The van der Waals surface area contributed by atoms with Crippen LogP contribution in [-0.4, -0.2) is 9.97 Å². The molecular formula is C13H14N6. The van der Waals surface area contributed by atoms with Crippen molar-refractivity contribution in [3.63, 3.8) is 0 Å². The topological polar surface area (TPSA) is 99.6 Å². The fourth-order valence-electron chi connectivity index (χ4n) is 1.57. The van der Waals surface area contributed by atoms with Crippen LogP contribution in [0.25, 0.3) is 0 Å². The van der Waals surface area contributed by atoms with Gasteiger partial charge in [0, 0.05) is 17.4 Å². The first-order valence-electron chi connectivity index (χ1n) is 5.87. The van der Waals surface area contributed by atoms with Crippen LogP contribution in [0.4, 0.5) is 17.5 Å². The molecular weight excluding hydrogens is 240 g/mol. The molecule has 96 valence electrons. The number of nitrogens with two attached hydrogens (primary N) is 1. The summed E-state index contributed by atoms with van der Waals surface area (Å²) in [5.41, 5.74) is 4.82. The van der Waals surface area contributed by atoms with E-state index in [4.69, 9.17) is 11.1 Å². The van der Waals surface area contributed by atoms with E-state index in [1.807, 2.05) is 6.92 Å². The highest BCUT2D eigenvalue weighted by atomic mass is 15.3. The minimum absolute atomic E-state index is 0.469. The third-order valence-electron chi connectivity index (χ3n) is 2.56. The van der Waals surface area contributed by atoms with Crippen LogP contribution in [0.15, 0.2) is 30.3 Å². The maximum absolute atomic E-state index is 8.74. The summed E-state index contributed by atoms with van der Waals surface area (Å²) in [6.45, 7) is 2.01. The van der Waals surface area contributed by atoms with Gasteiger partial charge in [0.2, 0.25) is 5.95 Å². The summed E-state index contributed by atoms with van der Waals surface area (Å²) in [7, 11) is 0. The molecule has 1 heterocycles. The molecule has 0 aliphatic carbocycles. The number of aryl methyl sites for hydroxylation is 1. The van der Waals surface area contributed by atoms with Crippen LogP contribution in [0.3, 0.4) is 0 Å². The zero-order chi connectivity index (χ0) is 13.7. The van der Waals surface area contributed by atoms with E-state index < -0.39 is 0 Å². The molecule has 19 heavy (non-hydrogen) atoms. The SMILES string of the molecule is CCc1cc(NN)nc(Nc2ccc(C#N)cc2)n1. The molecule has 4 N–H and O–H groups in total. The largest absolute Gasteiger partial charge is 0.324 e. The number of hydrogen-bond acceptors (Lipinski definition) is 6. The molecule has 0 saturated heterocycles. The van der Waals surface area contributed by atoms with Gasteiger partial charge in [-0.1, -0.05) is 6.92 Å². The number of hydrazine groups is 1. The van der Waals surface area contributed by atoms with E-state index in [1.54, 1.807) is 30.3 Å². The predicted octanol–water partition coefficient (Wildman–Crippen LogP) is 1.94. The van der Waals surface area contributed by atoms with Gasteiger partial charge >= 0.3 is 0 Å². The summed E-state index contributed by atoms with van der Waals surface area (Å²) in [6, 6.07) is 10.9. The number of nitrogen functional groups attached to an aromatic ring is 1. The molecule has 0 fully saturated rings. The van der Waals surface area contributed by atoms with Gasteiger partial charge in [-0.05, 0) is 30.7 Å². The van der Waals surface area contributed by atoms with Gasteiger partial charge in [0.1, 0.15) is 5.82 Å². The van der Waals surface area contributed by atoms with Crippen molar-refractivity contribution in [2.45, 2.75) is 13.3 Å². The van der Waals surface area contributed by atoms with Crippen LogP contribution in [0.1, 0.15) is 18.2 Å². The molecule has 0 aliphatic rings. The first kappa shape index (κ1) is 12.8. The molecule has 0 unspecified atom stereocenters. The molecule has 0 atom stereocenters. The number of benzene rings is 1. The van der Waals surface area contributed by atoms with Gasteiger partial charge in [-0.2, -0.15) is 10.2 Å². The third kappa shape index (κ3) is 3.18. The van der Waals surface area contributed by atoms with Crippen LogP contribution in [0.2, 0.25) is 0 Å². The molecule has 1 aromatic carbocycles. The summed E-state index contributed by atoms with van der Waals surface area (Å²) in [6.07, 6.45) is 0.791. The van der Waals surface area contributed by atoms with E-state index in [0.717, 1.165) is 17.8 Å². The summed E-state index contributed by atoms with van der Waals surface area (Å²) in [4.78, 5) is 8.57. The van der Waals surface area contributed by atoms with Gasteiger partial charge in [-0.3, -0.25) is 0 Å². The standard InChI is InChI=1S/C13H14N6/c1-2-10-7-12(19-15)18-13(16-10)17-11-5-3-9(8-14)4-6-11/h3-7H,2,15H2,1H3,(H2,16,17,18,19). The molecule has 0 bridgehead atoms. The average molecular weight is 254 g/mol. The van der Waals surface area contributed by atoms with Crippen molar-refractivity contribution < 1.29 is 0 Å². The fourth-order valence-corrected chi connectivity index (χ4v) is 1.57.